The molecule has 10 rings (SSSR count). The predicted octanol–water partition coefficient (Wildman–Crippen LogP) is 4.79. The van der Waals surface area contributed by atoms with Crippen molar-refractivity contribution in [2.24, 2.45) is 14.1 Å². The summed E-state index contributed by atoms with van der Waals surface area (Å²) in [6.07, 6.45) is 7.12. The third-order valence-electron chi connectivity index (χ3n) is 9.81. The van der Waals surface area contributed by atoms with Gasteiger partial charge in [-0.25, -0.2) is 28.7 Å². The molecular formula is C38H35ClF2N12O6. The van der Waals surface area contributed by atoms with Crippen molar-refractivity contribution in [2.75, 3.05) is 13.2 Å². The first-order valence-corrected chi connectivity index (χ1v) is 18.8. The van der Waals surface area contributed by atoms with E-state index in [-0.39, 0.29) is 59.2 Å². The van der Waals surface area contributed by atoms with E-state index in [0.29, 0.717) is 65.4 Å². The second-order valence-corrected chi connectivity index (χ2v) is 14.1. The van der Waals surface area contributed by atoms with Crippen LogP contribution in [0.5, 0.6) is 0 Å². The number of aryl methyl sites for hydroxylation is 2. The van der Waals surface area contributed by atoms with E-state index in [1.54, 1.807) is 60.1 Å². The van der Waals surface area contributed by atoms with E-state index >= 15 is 0 Å². The normalized spacial score (nSPS) is 18.8. The van der Waals surface area contributed by atoms with Crippen LogP contribution in [0.1, 0.15) is 71.4 Å². The average molecular weight is 829 g/mol. The molecular weight excluding hydrogens is 794 g/mol. The number of nitrogens with zero attached hydrogens (tertiary/aromatic N) is 11. The lowest BCUT2D eigenvalue weighted by molar-refractivity contribution is 0.110. The fraction of sp³-hybridized carbons (Fsp3) is 0.316. The van der Waals surface area contributed by atoms with Gasteiger partial charge in [-0.1, -0.05) is 34.6 Å². The summed E-state index contributed by atoms with van der Waals surface area (Å²) < 4.78 is 52.5. The second-order valence-electron chi connectivity index (χ2n) is 13.8. The SMILES string of the molecule is Cn1cnc2nc[nH]c(=O)c21.Cn1cnc2ncn(Cc3nc([C@@H]4CO[C@@H](c5ccc(F)cc5)C4)no3)c(=O)c21.Fc1ccc([C@H]2C[C@H](c3noc(CCl)n3)CO2)cc1. The number of alkyl halides is 1. The van der Waals surface area contributed by atoms with E-state index < -0.39 is 0 Å². The minimum atomic E-state index is -0.278. The number of aromatic amines is 1. The molecule has 0 bridgehead atoms. The molecule has 8 heterocycles. The van der Waals surface area contributed by atoms with Gasteiger partial charge in [0.15, 0.2) is 34.0 Å². The molecule has 4 atom stereocenters. The Morgan fingerprint density at radius 3 is 1.76 bits per heavy atom. The zero-order chi connectivity index (χ0) is 41.0. The molecule has 0 aliphatic carbocycles. The Morgan fingerprint density at radius 1 is 0.712 bits per heavy atom. The molecule has 2 aliphatic heterocycles. The van der Waals surface area contributed by atoms with Crippen LogP contribution in [0.3, 0.4) is 0 Å². The Morgan fingerprint density at radius 2 is 1.22 bits per heavy atom. The summed E-state index contributed by atoms with van der Waals surface area (Å²) in [6.45, 7) is 1.10. The monoisotopic (exact) mass is 828 g/mol. The predicted molar refractivity (Wildman–Crippen MR) is 204 cm³/mol. The number of nitrogens with one attached hydrogen (secondary N) is 1. The van der Waals surface area contributed by atoms with E-state index in [2.05, 4.69) is 45.2 Å². The second kappa shape index (κ2) is 17.1. The topological polar surface area (TPSA) is 213 Å². The van der Waals surface area contributed by atoms with Crippen LogP contribution in [-0.2, 0) is 36.0 Å². The molecule has 6 aromatic heterocycles. The fourth-order valence-electron chi connectivity index (χ4n) is 6.74. The number of rotatable bonds is 7. The van der Waals surface area contributed by atoms with Gasteiger partial charge in [-0.3, -0.25) is 14.2 Å². The van der Waals surface area contributed by atoms with Gasteiger partial charge in [-0.05, 0) is 48.2 Å². The van der Waals surface area contributed by atoms with E-state index in [4.69, 9.17) is 30.1 Å². The van der Waals surface area contributed by atoms with Crippen molar-refractivity contribution in [1.29, 1.82) is 0 Å². The molecule has 8 aromatic rings. The third-order valence-corrected chi connectivity index (χ3v) is 10.0. The van der Waals surface area contributed by atoms with Crippen LogP contribution in [0.2, 0.25) is 0 Å². The van der Waals surface area contributed by atoms with Gasteiger partial charge in [0.1, 0.15) is 30.4 Å². The lowest BCUT2D eigenvalue weighted by atomic mass is 10.00. The summed E-state index contributed by atoms with van der Waals surface area (Å²) in [5.41, 5.74) is 3.30. The zero-order valence-electron chi connectivity index (χ0n) is 31.5. The van der Waals surface area contributed by atoms with Gasteiger partial charge in [0.05, 0.1) is 44.4 Å². The molecule has 2 aromatic carbocycles. The Kier molecular flexibility index (Phi) is 11.4. The number of imidazole rings is 2. The summed E-state index contributed by atoms with van der Waals surface area (Å²) in [5.74, 6) is 1.64. The number of fused-ring (bicyclic) bond motifs is 2. The maximum absolute atomic E-state index is 13.1. The number of benzene rings is 2. The van der Waals surface area contributed by atoms with Gasteiger partial charge in [0.2, 0.25) is 11.8 Å². The summed E-state index contributed by atoms with van der Waals surface area (Å²) in [7, 11) is 3.50. The molecule has 21 heteroatoms. The molecule has 0 spiro atoms. The van der Waals surface area contributed by atoms with E-state index in [0.717, 1.165) is 17.5 Å². The number of H-pyrrole nitrogens is 1. The van der Waals surface area contributed by atoms with Gasteiger partial charge < -0.3 is 32.6 Å². The van der Waals surface area contributed by atoms with E-state index in [9.17, 15) is 18.4 Å². The van der Waals surface area contributed by atoms with Crippen LogP contribution in [0.25, 0.3) is 22.3 Å². The molecule has 18 nitrogen and oxygen atoms in total. The van der Waals surface area contributed by atoms with Crippen molar-refractivity contribution >= 4 is 33.9 Å². The maximum atomic E-state index is 13.1. The Bertz CT molecular complexity index is 2800. The summed E-state index contributed by atoms with van der Waals surface area (Å²) in [6, 6.07) is 12.6. The van der Waals surface area contributed by atoms with Gasteiger partial charge in [-0.2, -0.15) is 9.97 Å². The summed E-state index contributed by atoms with van der Waals surface area (Å²) >= 11 is 5.62. The Balaban J connectivity index is 0.000000137. The summed E-state index contributed by atoms with van der Waals surface area (Å²) in [4.78, 5) is 50.9. The lowest BCUT2D eigenvalue weighted by Crippen LogP contribution is -2.22. The molecule has 0 radical (unpaired) electrons. The van der Waals surface area contributed by atoms with Crippen molar-refractivity contribution in [3.63, 3.8) is 0 Å². The molecule has 2 fully saturated rings. The fourth-order valence-corrected chi connectivity index (χ4v) is 6.85. The Labute approximate surface area is 336 Å². The first-order valence-electron chi connectivity index (χ1n) is 18.3. The molecule has 0 amide bonds. The highest BCUT2D eigenvalue weighted by Gasteiger charge is 2.32. The molecule has 2 saturated heterocycles. The van der Waals surface area contributed by atoms with Crippen LogP contribution < -0.4 is 11.1 Å². The standard InChI is InChI=1S/C19H17FN6O3.C13H12ClFN2O2.C6H6N4O/c1-25-9-21-18-16(25)19(27)26(10-22-18)7-15-23-17(24-29-15)12-6-14(28-8-12)11-2-4-13(20)5-3-11;14-6-12-16-13(17-19-12)9-5-11(18-7-9)8-1-3-10(15)4-2-8;1-10-3-9-5-4(10)6(11)8-2-7-5/h2-5,9-10,12,14H,6-8H2,1H3;1-4,9,11H,5-7H2;2-3H,1H3,(H,7,8,11)/t12-,14+;9-,11+;/m00./s1. The molecule has 0 unspecified atom stereocenters. The van der Waals surface area contributed by atoms with Gasteiger partial charge in [-0.15, -0.1) is 11.6 Å². The number of ether oxygens (including phenoxy) is 2. The molecule has 304 valence electrons. The van der Waals surface area contributed by atoms with Crippen LogP contribution >= 0.6 is 11.6 Å². The molecule has 0 saturated carbocycles. The number of halogens is 3. The van der Waals surface area contributed by atoms with Crippen LogP contribution in [0.4, 0.5) is 8.78 Å². The van der Waals surface area contributed by atoms with Crippen molar-refractivity contribution in [1.82, 2.24) is 58.9 Å². The number of hydrogen-bond donors (Lipinski definition) is 1. The van der Waals surface area contributed by atoms with Gasteiger partial charge in [0, 0.05) is 25.9 Å². The van der Waals surface area contributed by atoms with Gasteiger partial charge in [0.25, 0.3) is 11.1 Å². The average Bonchev–Trinajstić information content (AvgIpc) is 4.10. The largest absolute Gasteiger partial charge is 0.373 e. The summed E-state index contributed by atoms with van der Waals surface area (Å²) in [5, 5.41) is 7.96. The first-order chi connectivity index (χ1) is 28.6. The smallest absolute Gasteiger partial charge is 0.280 e. The minimum absolute atomic E-state index is 0.0306. The van der Waals surface area contributed by atoms with Crippen molar-refractivity contribution in [2.45, 2.75) is 49.3 Å². The highest BCUT2D eigenvalue weighted by atomic mass is 35.5. The maximum Gasteiger partial charge on any atom is 0.280 e. The first kappa shape index (κ1) is 39.3. The van der Waals surface area contributed by atoms with Crippen molar-refractivity contribution in [3.8, 4) is 0 Å². The van der Waals surface area contributed by atoms with Crippen LogP contribution in [-0.4, -0.2) is 72.1 Å². The van der Waals surface area contributed by atoms with Crippen molar-refractivity contribution < 1.29 is 27.3 Å². The quantitative estimate of drug-likeness (QED) is 0.214. The zero-order valence-corrected chi connectivity index (χ0v) is 32.2. The molecule has 1 N–H and O–H groups in total. The van der Waals surface area contributed by atoms with Crippen molar-refractivity contribution in [3.05, 3.63) is 141 Å². The van der Waals surface area contributed by atoms with Crippen LogP contribution in [0.15, 0.2) is 92.5 Å². The van der Waals surface area contributed by atoms with Gasteiger partial charge >= 0.3 is 0 Å². The minimum Gasteiger partial charge on any atom is -0.373 e. The number of aromatic nitrogens is 12. The molecule has 2 aliphatic rings. The van der Waals surface area contributed by atoms with Crippen LogP contribution in [0, 0.1) is 11.6 Å². The highest BCUT2D eigenvalue weighted by Crippen LogP contribution is 2.38. The third kappa shape index (κ3) is 8.69. The molecule has 59 heavy (non-hydrogen) atoms. The van der Waals surface area contributed by atoms with E-state index in [1.807, 2.05) is 0 Å². The highest BCUT2D eigenvalue weighted by molar-refractivity contribution is 6.16. The number of hydrogen-bond acceptors (Lipinski definition) is 14. The Hall–Kier alpha value is -6.51. The lowest BCUT2D eigenvalue weighted by Gasteiger charge is -2.08. The van der Waals surface area contributed by atoms with E-state index in [1.165, 1.54) is 41.5 Å².